The van der Waals surface area contributed by atoms with E-state index in [4.69, 9.17) is 5.11 Å². The van der Waals surface area contributed by atoms with Gasteiger partial charge in [0.05, 0.1) is 17.6 Å². The van der Waals surface area contributed by atoms with Crippen LogP contribution in [-0.4, -0.2) is 44.3 Å². The lowest BCUT2D eigenvalue weighted by Crippen LogP contribution is -2.40. The van der Waals surface area contributed by atoms with Crippen molar-refractivity contribution in [2.24, 2.45) is 5.92 Å². The van der Waals surface area contributed by atoms with Crippen LogP contribution in [0.5, 0.6) is 0 Å². The zero-order valence-electron chi connectivity index (χ0n) is 12.5. The highest BCUT2D eigenvalue weighted by atomic mass is 16.4. The Morgan fingerprint density at radius 1 is 1.41 bits per heavy atom. The molecule has 2 aromatic rings. The molecule has 3 rings (SSSR count). The number of carboxylic acids is 1. The van der Waals surface area contributed by atoms with Crippen molar-refractivity contribution < 1.29 is 14.7 Å². The van der Waals surface area contributed by atoms with E-state index in [1.165, 1.54) is 0 Å². The van der Waals surface area contributed by atoms with Gasteiger partial charge in [0, 0.05) is 18.0 Å². The molecule has 0 bridgehead atoms. The molecule has 0 aliphatic heterocycles. The summed E-state index contributed by atoms with van der Waals surface area (Å²) in [6.07, 6.45) is 3.65. The van der Waals surface area contributed by atoms with Gasteiger partial charge in [0.2, 0.25) is 5.91 Å². The van der Waals surface area contributed by atoms with Crippen LogP contribution in [0.2, 0.25) is 0 Å². The number of aromatic nitrogens is 2. The summed E-state index contributed by atoms with van der Waals surface area (Å²) in [6, 6.07) is 7.92. The van der Waals surface area contributed by atoms with Crippen LogP contribution in [0, 0.1) is 5.92 Å². The zero-order chi connectivity index (χ0) is 15.7. The lowest BCUT2D eigenvalue weighted by atomic mass is 10.1. The fourth-order valence-corrected chi connectivity index (χ4v) is 2.58. The molecular formula is C16H19N3O3. The van der Waals surface area contributed by atoms with Gasteiger partial charge in [-0.05, 0) is 18.9 Å². The smallest absolute Gasteiger partial charge is 0.308 e. The maximum Gasteiger partial charge on any atom is 0.308 e. The molecule has 0 radical (unpaired) electrons. The van der Waals surface area contributed by atoms with E-state index in [2.05, 4.69) is 5.10 Å². The molecule has 1 amide bonds. The summed E-state index contributed by atoms with van der Waals surface area (Å²) < 4.78 is 1.68. The van der Waals surface area contributed by atoms with Gasteiger partial charge in [0.1, 0.15) is 6.54 Å². The standard InChI is InChI=1S/C16H19N3O3/c1-11(16(21)22)9-18(13-6-7-13)15(20)10-19-14-5-3-2-4-12(14)8-17-19/h2-5,8,11,13H,6-7,9-10H2,1H3,(H,21,22). The van der Waals surface area contributed by atoms with Crippen LogP contribution >= 0.6 is 0 Å². The number of hydrogen-bond acceptors (Lipinski definition) is 3. The van der Waals surface area contributed by atoms with Crippen LogP contribution in [0.3, 0.4) is 0 Å². The number of rotatable bonds is 6. The molecule has 0 spiro atoms. The van der Waals surface area contributed by atoms with E-state index in [0.29, 0.717) is 0 Å². The number of nitrogens with zero attached hydrogens (tertiary/aromatic N) is 3. The maximum absolute atomic E-state index is 12.6. The molecule has 1 unspecified atom stereocenters. The summed E-state index contributed by atoms with van der Waals surface area (Å²) in [6.45, 7) is 2.04. The maximum atomic E-state index is 12.6. The Bertz CT molecular complexity index is 705. The lowest BCUT2D eigenvalue weighted by Gasteiger charge is -2.24. The van der Waals surface area contributed by atoms with Gasteiger partial charge in [-0.3, -0.25) is 14.3 Å². The van der Waals surface area contributed by atoms with Crippen molar-refractivity contribution in [3.63, 3.8) is 0 Å². The first-order valence-electron chi connectivity index (χ1n) is 7.49. The molecule has 1 atom stereocenters. The van der Waals surface area contributed by atoms with Crippen molar-refractivity contribution in [3.05, 3.63) is 30.5 Å². The highest BCUT2D eigenvalue weighted by molar-refractivity contribution is 5.82. The SMILES string of the molecule is CC(CN(C(=O)Cn1ncc2ccccc21)C1CC1)C(=O)O. The minimum Gasteiger partial charge on any atom is -0.481 e. The number of aliphatic carboxylic acids is 1. The van der Waals surface area contributed by atoms with Crippen molar-refractivity contribution in [2.75, 3.05) is 6.54 Å². The van der Waals surface area contributed by atoms with E-state index in [9.17, 15) is 9.59 Å². The van der Waals surface area contributed by atoms with Gasteiger partial charge in [-0.2, -0.15) is 5.10 Å². The van der Waals surface area contributed by atoms with Crippen molar-refractivity contribution in [1.82, 2.24) is 14.7 Å². The molecule has 6 heteroatoms. The quantitative estimate of drug-likeness (QED) is 0.882. The molecule has 1 aliphatic carbocycles. The molecule has 0 saturated heterocycles. The molecule has 1 aliphatic rings. The molecule has 1 aromatic carbocycles. The first kappa shape index (κ1) is 14.6. The number of fused-ring (bicyclic) bond motifs is 1. The summed E-state index contributed by atoms with van der Waals surface area (Å²) in [5.41, 5.74) is 0.915. The largest absolute Gasteiger partial charge is 0.481 e. The number of amides is 1. The highest BCUT2D eigenvalue weighted by Gasteiger charge is 2.34. The molecule has 1 fully saturated rings. The Balaban J connectivity index is 1.75. The number of carboxylic acid groups (broad SMARTS) is 1. The van der Waals surface area contributed by atoms with E-state index < -0.39 is 11.9 Å². The first-order valence-corrected chi connectivity index (χ1v) is 7.49. The monoisotopic (exact) mass is 301 g/mol. The normalized spacial score (nSPS) is 15.7. The second kappa shape index (κ2) is 5.79. The molecule has 1 saturated carbocycles. The average Bonchev–Trinajstić information content (AvgIpc) is 3.26. The Kier molecular flexibility index (Phi) is 3.83. The number of carbonyl (C=O) groups excluding carboxylic acids is 1. The van der Waals surface area contributed by atoms with Gasteiger partial charge in [-0.1, -0.05) is 25.1 Å². The Morgan fingerprint density at radius 2 is 2.14 bits per heavy atom. The molecular weight excluding hydrogens is 282 g/mol. The van der Waals surface area contributed by atoms with Crippen LogP contribution in [0.4, 0.5) is 0 Å². The average molecular weight is 301 g/mol. The fraction of sp³-hybridized carbons (Fsp3) is 0.438. The molecule has 1 N–H and O–H groups in total. The zero-order valence-corrected chi connectivity index (χ0v) is 12.5. The molecule has 1 aromatic heterocycles. The van der Waals surface area contributed by atoms with Gasteiger partial charge in [0.15, 0.2) is 0 Å². The Hall–Kier alpha value is -2.37. The summed E-state index contributed by atoms with van der Waals surface area (Å²) in [7, 11) is 0. The summed E-state index contributed by atoms with van der Waals surface area (Å²) in [4.78, 5) is 25.3. The van der Waals surface area contributed by atoms with Crippen LogP contribution in [-0.2, 0) is 16.1 Å². The molecule has 22 heavy (non-hydrogen) atoms. The van der Waals surface area contributed by atoms with Crippen LogP contribution in [0.25, 0.3) is 10.9 Å². The third-order valence-corrected chi connectivity index (χ3v) is 4.04. The molecule has 6 nitrogen and oxygen atoms in total. The first-order chi connectivity index (χ1) is 10.6. The third kappa shape index (κ3) is 2.95. The third-order valence-electron chi connectivity index (χ3n) is 4.04. The van der Waals surface area contributed by atoms with Crippen molar-refractivity contribution in [2.45, 2.75) is 32.4 Å². The Morgan fingerprint density at radius 3 is 2.82 bits per heavy atom. The number of benzene rings is 1. The number of hydrogen-bond donors (Lipinski definition) is 1. The van der Waals surface area contributed by atoms with Gasteiger partial charge in [-0.25, -0.2) is 0 Å². The van der Waals surface area contributed by atoms with Crippen LogP contribution in [0.15, 0.2) is 30.5 Å². The molecule has 116 valence electrons. The van der Waals surface area contributed by atoms with Crippen LogP contribution < -0.4 is 0 Å². The lowest BCUT2D eigenvalue weighted by molar-refractivity contribution is -0.143. The van der Waals surface area contributed by atoms with Crippen molar-refractivity contribution >= 4 is 22.8 Å². The van der Waals surface area contributed by atoms with E-state index >= 15 is 0 Å². The van der Waals surface area contributed by atoms with E-state index in [0.717, 1.165) is 23.7 Å². The predicted molar refractivity (Wildman–Crippen MR) is 81.3 cm³/mol. The fourth-order valence-electron chi connectivity index (χ4n) is 2.58. The van der Waals surface area contributed by atoms with Gasteiger partial charge >= 0.3 is 5.97 Å². The summed E-state index contributed by atoms with van der Waals surface area (Å²) >= 11 is 0. The van der Waals surface area contributed by atoms with E-state index in [1.807, 2.05) is 24.3 Å². The van der Waals surface area contributed by atoms with Gasteiger partial charge in [0.25, 0.3) is 0 Å². The topological polar surface area (TPSA) is 75.4 Å². The minimum atomic E-state index is -0.872. The summed E-state index contributed by atoms with van der Waals surface area (Å²) in [5, 5.41) is 14.3. The van der Waals surface area contributed by atoms with Crippen molar-refractivity contribution in [3.8, 4) is 0 Å². The second-order valence-electron chi connectivity index (χ2n) is 5.88. The highest BCUT2D eigenvalue weighted by Crippen LogP contribution is 2.28. The number of para-hydroxylation sites is 1. The number of carbonyl (C=O) groups is 2. The van der Waals surface area contributed by atoms with Gasteiger partial charge < -0.3 is 10.0 Å². The van der Waals surface area contributed by atoms with E-state index in [-0.39, 0.29) is 25.0 Å². The predicted octanol–water partition coefficient (Wildman–Crippen LogP) is 1.75. The second-order valence-corrected chi connectivity index (χ2v) is 5.88. The Labute approximate surface area is 128 Å². The molecule has 1 heterocycles. The summed E-state index contributed by atoms with van der Waals surface area (Å²) in [5.74, 6) is -1.49. The van der Waals surface area contributed by atoms with E-state index in [1.54, 1.807) is 22.7 Å². The van der Waals surface area contributed by atoms with Crippen molar-refractivity contribution in [1.29, 1.82) is 0 Å². The van der Waals surface area contributed by atoms with Crippen LogP contribution in [0.1, 0.15) is 19.8 Å². The minimum absolute atomic E-state index is 0.0653. The van der Waals surface area contributed by atoms with Gasteiger partial charge in [-0.15, -0.1) is 0 Å².